The second-order valence-electron chi connectivity index (χ2n) is 8.41. The third-order valence-corrected chi connectivity index (χ3v) is 6.92. The number of anilines is 2. The van der Waals surface area contributed by atoms with Gasteiger partial charge in [-0.2, -0.15) is 5.10 Å². The van der Waals surface area contributed by atoms with E-state index in [0.717, 1.165) is 16.8 Å². The van der Waals surface area contributed by atoms with E-state index < -0.39 is 0 Å². The van der Waals surface area contributed by atoms with Gasteiger partial charge >= 0.3 is 0 Å². The second kappa shape index (κ2) is 9.07. The lowest BCUT2D eigenvalue weighted by Gasteiger charge is -2.18. The number of fused-ring (bicyclic) bond motifs is 2. The number of carbonyl (C=O) groups is 2. The minimum atomic E-state index is -0.215. The van der Waals surface area contributed by atoms with E-state index in [-0.39, 0.29) is 18.4 Å². The van der Waals surface area contributed by atoms with E-state index in [9.17, 15) is 9.59 Å². The minimum Gasteiger partial charge on any atom is -0.497 e. The summed E-state index contributed by atoms with van der Waals surface area (Å²) in [7, 11) is 3.34. The van der Waals surface area contributed by atoms with Gasteiger partial charge in [-0.3, -0.25) is 9.59 Å². The lowest BCUT2D eigenvalue weighted by atomic mass is 10.1. The fourth-order valence-electron chi connectivity index (χ4n) is 4.25. The topological polar surface area (TPSA) is 97.5 Å². The molecule has 0 spiro atoms. The quantitative estimate of drug-likeness (QED) is 0.448. The van der Waals surface area contributed by atoms with Crippen molar-refractivity contribution in [1.82, 2.24) is 4.68 Å². The van der Waals surface area contributed by atoms with Crippen LogP contribution in [0.1, 0.15) is 5.56 Å². The maximum absolute atomic E-state index is 13.2. The Morgan fingerprint density at radius 1 is 1.05 bits per heavy atom. The molecule has 3 aromatic carbocycles. The van der Waals surface area contributed by atoms with Crippen LogP contribution >= 0.6 is 11.3 Å². The predicted molar refractivity (Wildman–Crippen MR) is 142 cm³/mol. The van der Waals surface area contributed by atoms with Crippen LogP contribution in [0.2, 0.25) is 0 Å². The molecule has 0 saturated heterocycles. The maximum atomic E-state index is 13.2. The van der Waals surface area contributed by atoms with Crippen LogP contribution in [-0.4, -0.2) is 43.0 Å². The minimum absolute atomic E-state index is 0.0168. The molecule has 0 radical (unpaired) electrons. The Hall–Kier alpha value is -4.70. The molecule has 0 unspecified atom stereocenters. The first-order valence-corrected chi connectivity index (χ1v) is 12.3. The van der Waals surface area contributed by atoms with Gasteiger partial charge in [0.2, 0.25) is 4.80 Å². The van der Waals surface area contributed by atoms with Gasteiger partial charge in [-0.15, -0.1) is 11.3 Å². The first kappa shape index (κ1) is 22.7. The van der Waals surface area contributed by atoms with E-state index >= 15 is 0 Å². The largest absolute Gasteiger partial charge is 0.497 e. The highest BCUT2D eigenvalue weighted by molar-refractivity contribution is 7.07. The summed E-state index contributed by atoms with van der Waals surface area (Å²) < 4.78 is 12.5. The average Bonchev–Trinajstić information content (AvgIpc) is 3.42. The molecule has 3 heterocycles. The number of thiazole rings is 1. The molecule has 0 atom stereocenters. The average molecular weight is 512 g/mol. The van der Waals surface area contributed by atoms with Crippen LogP contribution in [0.5, 0.6) is 11.5 Å². The van der Waals surface area contributed by atoms with Crippen molar-refractivity contribution in [3.63, 3.8) is 0 Å². The van der Waals surface area contributed by atoms with Gasteiger partial charge in [0, 0.05) is 29.6 Å². The van der Waals surface area contributed by atoms with Crippen molar-refractivity contribution < 1.29 is 19.1 Å². The molecule has 2 aliphatic rings. The van der Waals surface area contributed by atoms with Crippen LogP contribution in [-0.2, 0) is 9.59 Å². The Kier molecular flexibility index (Phi) is 5.57. The molecule has 37 heavy (non-hydrogen) atoms. The summed E-state index contributed by atoms with van der Waals surface area (Å²) in [6.45, 7) is -0.0168. The molecule has 10 heteroatoms. The summed E-state index contributed by atoms with van der Waals surface area (Å²) in [5.74, 6) is 0.861. The summed E-state index contributed by atoms with van der Waals surface area (Å²) in [5, 5.41) is 9.61. The number of nitrogens with one attached hydrogen (secondary N) is 1. The first-order valence-electron chi connectivity index (χ1n) is 11.4. The molecular formula is C27H21N5O4S. The number of benzene rings is 3. The van der Waals surface area contributed by atoms with Gasteiger partial charge < -0.3 is 19.7 Å². The number of carbonyl (C=O) groups excluding carboxylic acids is 2. The lowest BCUT2D eigenvalue weighted by Crippen LogP contribution is -2.27. The summed E-state index contributed by atoms with van der Waals surface area (Å²) in [6, 6.07) is 20.5. The molecule has 0 aliphatic carbocycles. The van der Waals surface area contributed by atoms with Crippen molar-refractivity contribution in [3.8, 4) is 22.8 Å². The molecule has 9 nitrogen and oxygen atoms in total. The Morgan fingerprint density at radius 2 is 1.92 bits per heavy atom. The number of para-hydroxylation sites is 1. The number of likely N-dealkylation sites (N-methyl/N-ethyl adjacent to an activating group) is 1. The molecule has 2 amide bonds. The van der Waals surface area contributed by atoms with E-state index in [4.69, 9.17) is 19.6 Å². The Labute approximate surface area is 215 Å². The zero-order chi connectivity index (χ0) is 25.5. The standard InChI is InChI=1S/C27H21N5O4S/c1-31-21-9-4-3-8-19(21)25(26(31)34)30-32-22(16-10-11-23-20(12-16)29-24(33)14-36-23)15-37-27(32)28-17-6-5-7-18(13-17)35-2/h3-13,15H,14H2,1-2H3,(H,29,33). The van der Waals surface area contributed by atoms with E-state index in [2.05, 4.69) is 5.32 Å². The molecule has 1 aromatic heterocycles. The van der Waals surface area contributed by atoms with Gasteiger partial charge in [0.15, 0.2) is 12.3 Å². The number of hydrogen-bond acceptors (Lipinski definition) is 7. The summed E-state index contributed by atoms with van der Waals surface area (Å²) in [4.78, 5) is 32.0. The van der Waals surface area contributed by atoms with Gasteiger partial charge in [-0.05, 0) is 36.4 Å². The van der Waals surface area contributed by atoms with Crippen molar-refractivity contribution >= 4 is 45.9 Å². The van der Waals surface area contributed by atoms with Crippen LogP contribution in [0.25, 0.3) is 11.3 Å². The number of rotatable bonds is 4. The number of ether oxygens (including phenoxy) is 2. The van der Waals surface area contributed by atoms with Crippen molar-refractivity contribution in [2.45, 2.75) is 0 Å². The third-order valence-electron chi connectivity index (χ3n) is 6.10. The number of aromatic nitrogens is 1. The number of hydrogen-bond donors (Lipinski definition) is 1. The molecule has 0 bridgehead atoms. The normalized spacial score (nSPS) is 15.9. The summed E-state index contributed by atoms with van der Waals surface area (Å²) in [5.41, 5.74) is 4.61. The Bertz CT molecular complexity index is 1670. The van der Waals surface area contributed by atoms with Crippen LogP contribution in [0.4, 0.5) is 17.1 Å². The smallest absolute Gasteiger partial charge is 0.279 e. The summed E-state index contributed by atoms with van der Waals surface area (Å²) in [6.07, 6.45) is 0. The highest BCUT2D eigenvalue weighted by Crippen LogP contribution is 2.34. The molecule has 2 aliphatic heterocycles. The maximum Gasteiger partial charge on any atom is 0.279 e. The molecule has 1 N–H and O–H groups in total. The molecular weight excluding hydrogens is 490 g/mol. The van der Waals surface area contributed by atoms with Crippen molar-refractivity contribution in [2.75, 3.05) is 31.0 Å². The van der Waals surface area contributed by atoms with Gasteiger partial charge in [0.05, 0.1) is 29.9 Å². The molecule has 6 rings (SSSR count). The van der Waals surface area contributed by atoms with Crippen LogP contribution < -0.4 is 24.5 Å². The highest BCUT2D eigenvalue weighted by atomic mass is 32.1. The predicted octanol–water partition coefficient (Wildman–Crippen LogP) is 4.02. The van der Waals surface area contributed by atoms with E-state index in [1.54, 1.807) is 23.7 Å². The fourth-order valence-corrected chi connectivity index (χ4v) is 5.10. The molecule has 0 saturated carbocycles. The highest BCUT2D eigenvalue weighted by Gasteiger charge is 2.31. The van der Waals surface area contributed by atoms with Crippen LogP contribution in [0.15, 0.2) is 82.2 Å². The van der Waals surface area contributed by atoms with Gasteiger partial charge in [0.1, 0.15) is 11.5 Å². The van der Waals surface area contributed by atoms with Crippen LogP contribution in [0.3, 0.4) is 0 Å². The van der Waals surface area contributed by atoms with Crippen LogP contribution in [0, 0.1) is 0 Å². The lowest BCUT2D eigenvalue weighted by molar-refractivity contribution is -0.118. The molecule has 184 valence electrons. The Balaban J connectivity index is 1.55. The third kappa shape index (κ3) is 4.07. The number of nitrogens with zero attached hydrogens (tertiary/aromatic N) is 4. The summed E-state index contributed by atoms with van der Waals surface area (Å²) >= 11 is 1.39. The van der Waals surface area contributed by atoms with Crippen molar-refractivity contribution in [3.05, 3.63) is 82.5 Å². The van der Waals surface area contributed by atoms with Gasteiger partial charge in [-0.25, -0.2) is 9.67 Å². The van der Waals surface area contributed by atoms with Gasteiger partial charge in [0.25, 0.3) is 11.8 Å². The second-order valence-corrected chi connectivity index (χ2v) is 9.24. The van der Waals surface area contributed by atoms with E-state index in [0.29, 0.717) is 39.1 Å². The van der Waals surface area contributed by atoms with E-state index in [1.165, 1.54) is 11.3 Å². The zero-order valence-electron chi connectivity index (χ0n) is 20.0. The SMILES string of the molecule is COc1cccc(N=c2scc(-c3ccc4c(c3)NC(=O)CO4)n2N=C2C(=O)N(C)c3ccccc32)c1. The first-order chi connectivity index (χ1) is 18.0. The number of methoxy groups -OCH3 is 1. The Morgan fingerprint density at radius 3 is 2.78 bits per heavy atom. The fraction of sp³-hybridized carbons (Fsp3) is 0.111. The van der Waals surface area contributed by atoms with Gasteiger partial charge in [-0.1, -0.05) is 24.3 Å². The van der Waals surface area contributed by atoms with Crippen molar-refractivity contribution in [1.29, 1.82) is 0 Å². The number of amides is 2. The van der Waals surface area contributed by atoms with Crippen molar-refractivity contribution in [2.24, 2.45) is 10.1 Å². The zero-order valence-corrected chi connectivity index (χ0v) is 20.8. The molecule has 0 fully saturated rings. The van der Waals surface area contributed by atoms with E-state index in [1.807, 2.05) is 72.1 Å². The molecule has 4 aromatic rings. The monoisotopic (exact) mass is 511 g/mol.